The van der Waals surface area contributed by atoms with Crippen LogP contribution in [0.25, 0.3) is 10.2 Å². The number of fused-ring (bicyclic) bond motifs is 1. The van der Waals surface area contributed by atoms with Gasteiger partial charge in [-0.2, -0.15) is 0 Å². The summed E-state index contributed by atoms with van der Waals surface area (Å²) in [6.07, 6.45) is 0. The average molecular weight is 199 g/mol. The molecule has 2 rings (SSSR count). The molecule has 0 spiro atoms. The SMILES string of the molecule is Cc1csc2c(C)nc(Cl)nc12. The third kappa shape index (κ3) is 1.09. The summed E-state index contributed by atoms with van der Waals surface area (Å²) >= 11 is 7.40. The van der Waals surface area contributed by atoms with Crippen molar-refractivity contribution in [1.29, 1.82) is 0 Å². The molecule has 0 aliphatic carbocycles. The summed E-state index contributed by atoms with van der Waals surface area (Å²) in [4.78, 5) is 8.24. The summed E-state index contributed by atoms with van der Waals surface area (Å²) in [5.41, 5.74) is 3.11. The van der Waals surface area contributed by atoms with Gasteiger partial charge < -0.3 is 0 Å². The van der Waals surface area contributed by atoms with Crippen molar-refractivity contribution in [1.82, 2.24) is 9.97 Å². The molecule has 0 radical (unpaired) electrons. The number of hydrogen-bond donors (Lipinski definition) is 0. The first kappa shape index (κ1) is 7.95. The molecule has 0 amide bonds. The van der Waals surface area contributed by atoms with Crippen molar-refractivity contribution in [2.75, 3.05) is 0 Å². The smallest absolute Gasteiger partial charge is 0.222 e. The standard InChI is InChI=1S/C8H7ClN2S/c1-4-3-12-7-5(2)10-8(9)11-6(4)7/h3H,1-2H3. The van der Waals surface area contributed by atoms with E-state index in [0.717, 1.165) is 15.9 Å². The minimum Gasteiger partial charge on any atom is -0.222 e. The fraction of sp³-hybridized carbons (Fsp3) is 0.250. The Kier molecular flexibility index (Phi) is 1.77. The van der Waals surface area contributed by atoms with Crippen LogP contribution in [0.2, 0.25) is 5.28 Å². The van der Waals surface area contributed by atoms with Gasteiger partial charge >= 0.3 is 0 Å². The molecule has 0 saturated carbocycles. The quantitative estimate of drug-likeness (QED) is 0.609. The van der Waals surface area contributed by atoms with Gasteiger partial charge in [0.2, 0.25) is 5.28 Å². The molecule has 0 fully saturated rings. The lowest BCUT2D eigenvalue weighted by Crippen LogP contribution is -1.86. The maximum absolute atomic E-state index is 5.74. The molecule has 0 aromatic carbocycles. The number of aromatic nitrogens is 2. The highest BCUT2D eigenvalue weighted by Crippen LogP contribution is 2.26. The van der Waals surface area contributed by atoms with Gasteiger partial charge in [-0.1, -0.05) is 0 Å². The molecule has 0 N–H and O–H groups in total. The number of thiophene rings is 1. The van der Waals surface area contributed by atoms with Crippen molar-refractivity contribution in [3.8, 4) is 0 Å². The molecular formula is C8H7ClN2S. The maximum Gasteiger partial charge on any atom is 0.223 e. The Labute approximate surface area is 79.2 Å². The molecule has 0 bridgehead atoms. The van der Waals surface area contributed by atoms with Gasteiger partial charge in [0.1, 0.15) is 0 Å². The summed E-state index contributed by atoms with van der Waals surface area (Å²) in [5, 5.41) is 2.41. The van der Waals surface area contributed by atoms with Crippen LogP contribution in [-0.2, 0) is 0 Å². The molecule has 0 atom stereocenters. The summed E-state index contributed by atoms with van der Waals surface area (Å²) in [5.74, 6) is 0. The van der Waals surface area contributed by atoms with Crippen LogP contribution < -0.4 is 0 Å². The third-order valence-electron chi connectivity index (χ3n) is 1.73. The second-order valence-electron chi connectivity index (χ2n) is 2.67. The molecule has 2 aromatic heterocycles. The van der Waals surface area contributed by atoms with Gasteiger partial charge in [0.05, 0.1) is 15.9 Å². The maximum atomic E-state index is 5.74. The number of halogens is 1. The first-order chi connectivity index (χ1) is 5.68. The highest BCUT2D eigenvalue weighted by Gasteiger charge is 2.06. The lowest BCUT2D eigenvalue weighted by molar-refractivity contribution is 1.16. The predicted octanol–water partition coefficient (Wildman–Crippen LogP) is 2.96. The normalized spacial score (nSPS) is 10.9. The van der Waals surface area contributed by atoms with E-state index in [-0.39, 0.29) is 0 Å². The Morgan fingerprint density at radius 2 is 2.08 bits per heavy atom. The number of hydrogen-bond acceptors (Lipinski definition) is 3. The minimum atomic E-state index is 0.335. The Balaban J connectivity index is 2.92. The van der Waals surface area contributed by atoms with Crippen LogP contribution in [0.3, 0.4) is 0 Å². The summed E-state index contributed by atoms with van der Waals surface area (Å²) in [6.45, 7) is 3.98. The fourth-order valence-electron chi connectivity index (χ4n) is 1.14. The second-order valence-corrected chi connectivity index (χ2v) is 3.89. The van der Waals surface area contributed by atoms with E-state index in [1.54, 1.807) is 11.3 Å². The first-order valence-electron chi connectivity index (χ1n) is 3.56. The van der Waals surface area contributed by atoms with Crippen LogP contribution in [0, 0.1) is 13.8 Å². The molecule has 2 heterocycles. The lowest BCUT2D eigenvalue weighted by Gasteiger charge is -1.95. The molecule has 4 heteroatoms. The van der Waals surface area contributed by atoms with E-state index in [2.05, 4.69) is 15.3 Å². The van der Waals surface area contributed by atoms with Crippen molar-refractivity contribution < 1.29 is 0 Å². The molecular weight excluding hydrogens is 192 g/mol. The molecule has 62 valence electrons. The number of rotatable bonds is 0. The Morgan fingerprint density at radius 1 is 1.33 bits per heavy atom. The van der Waals surface area contributed by atoms with Crippen LogP contribution in [0.15, 0.2) is 5.38 Å². The van der Waals surface area contributed by atoms with E-state index in [9.17, 15) is 0 Å². The van der Waals surface area contributed by atoms with Crippen molar-refractivity contribution >= 4 is 33.2 Å². The number of nitrogens with zero attached hydrogens (tertiary/aromatic N) is 2. The van der Waals surface area contributed by atoms with Crippen molar-refractivity contribution in [3.05, 3.63) is 21.9 Å². The largest absolute Gasteiger partial charge is 0.223 e. The van der Waals surface area contributed by atoms with Crippen molar-refractivity contribution in [3.63, 3.8) is 0 Å². The Bertz CT molecular complexity index is 436. The molecule has 2 aromatic rings. The fourth-order valence-corrected chi connectivity index (χ4v) is 2.29. The van der Waals surface area contributed by atoms with Gasteiger partial charge in [-0.25, -0.2) is 9.97 Å². The van der Waals surface area contributed by atoms with E-state index >= 15 is 0 Å². The highest BCUT2D eigenvalue weighted by atomic mass is 35.5. The van der Waals surface area contributed by atoms with Gasteiger partial charge in [-0.15, -0.1) is 11.3 Å². The van der Waals surface area contributed by atoms with Crippen LogP contribution in [0.4, 0.5) is 0 Å². The highest BCUT2D eigenvalue weighted by molar-refractivity contribution is 7.17. The Morgan fingerprint density at radius 3 is 2.83 bits per heavy atom. The molecule has 2 nitrogen and oxygen atoms in total. The van der Waals surface area contributed by atoms with E-state index in [0.29, 0.717) is 5.28 Å². The summed E-state index contributed by atoms with van der Waals surface area (Å²) in [6, 6.07) is 0. The van der Waals surface area contributed by atoms with Crippen molar-refractivity contribution in [2.45, 2.75) is 13.8 Å². The molecule has 0 unspecified atom stereocenters. The van der Waals surface area contributed by atoms with E-state index in [1.165, 1.54) is 5.56 Å². The lowest BCUT2D eigenvalue weighted by atomic mass is 10.3. The van der Waals surface area contributed by atoms with Crippen LogP contribution in [0.1, 0.15) is 11.3 Å². The predicted molar refractivity (Wildman–Crippen MR) is 51.9 cm³/mol. The topological polar surface area (TPSA) is 25.8 Å². The van der Waals surface area contributed by atoms with Crippen LogP contribution in [0.5, 0.6) is 0 Å². The zero-order valence-electron chi connectivity index (χ0n) is 6.76. The second kappa shape index (κ2) is 2.68. The number of aryl methyl sites for hydroxylation is 2. The first-order valence-corrected chi connectivity index (χ1v) is 4.82. The van der Waals surface area contributed by atoms with Crippen molar-refractivity contribution in [2.24, 2.45) is 0 Å². The summed E-state index contributed by atoms with van der Waals surface area (Å²) in [7, 11) is 0. The Hall–Kier alpha value is -0.670. The van der Waals surface area contributed by atoms with E-state index in [4.69, 9.17) is 11.6 Å². The average Bonchev–Trinajstić information content (AvgIpc) is 2.33. The van der Waals surface area contributed by atoms with Gasteiger partial charge in [0.25, 0.3) is 0 Å². The van der Waals surface area contributed by atoms with E-state index in [1.807, 2.05) is 13.8 Å². The van der Waals surface area contributed by atoms with Crippen LogP contribution >= 0.6 is 22.9 Å². The monoisotopic (exact) mass is 198 g/mol. The van der Waals surface area contributed by atoms with Gasteiger partial charge in [0.15, 0.2) is 0 Å². The molecule has 0 aliphatic rings. The zero-order chi connectivity index (χ0) is 8.72. The molecule has 0 saturated heterocycles. The summed E-state index contributed by atoms with van der Waals surface area (Å²) < 4.78 is 1.14. The van der Waals surface area contributed by atoms with E-state index < -0.39 is 0 Å². The molecule has 0 aliphatic heterocycles. The van der Waals surface area contributed by atoms with Crippen LogP contribution in [-0.4, -0.2) is 9.97 Å². The van der Waals surface area contributed by atoms with Gasteiger partial charge in [-0.3, -0.25) is 0 Å². The van der Waals surface area contributed by atoms with Gasteiger partial charge in [-0.05, 0) is 36.4 Å². The zero-order valence-corrected chi connectivity index (χ0v) is 8.33. The third-order valence-corrected chi connectivity index (χ3v) is 3.10. The minimum absolute atomic E-state index is 0.335. The molecule has 12 heavy (non-hydrogen) atoms. The van der Waals surface area contributed by atoms with Gasteiger partial charge in [0, 0.05) is 0 Å².